The average molecular weight is 364 g/mol. The SMILES string of the molecule is CCCCCCOc1ccc(CCCCCCCCC(=O)N(C)O)cc1. The molecule has 4 nitrogen and oxygen atoms in total. The van der Waals surface area contributed by atoms with Crippen molar-refractivity contribution in [2.24, 2.45) is 0 Å². The zero-order valence-electron chi connectivity index (χ0n) is 16.7. The molecular formula is C22H37NO3. The van der Waals surface area contributed by atoms with Crippen molar-refractivity contribution in [1.29, 1.82) is 0 Å². The number of carbonyl (C=O) groups is 1. The molecule has 1 amide bonds. The van der Waals surface area contributed by atoms with Gasteiger partial charge in [0.1, 0.15) is 5.75 Å². The summed E-state index contributed by atoms with van der Waals surface area (Å²) < 4.78 is 5.78. The Morgan fingerprint density at radius 3 is 2.19 bits per heavy atom. The Kier molecular flexibility index (Phi) is 12.6. The Morgan fingerprint density at radius 1 is 0.923 bits per heavy atom. The zero-order chi connectivity index (χ0) is 19.0. The Balaban J connectivity index is 2.01. The molecule has 0 aliphatic heterocycles. The molecule has 0 atom stereocenters. The van der Waals surface area contributed by atoms with Gasteiger partial charge in [-0.1, -0.05) is 64.0 Å². The van der Waals surface area contributed by atoms with Crippen LogP contribution < -0.4 is 4.74 Å². The Hall–Kier alpha value is -1.55. The first kappa shape index (κ1) is 22.5. The number of unbranched alkanes of at least 4 members (excludes halogenated alkanes) is 8. The molecule has 0 spiro atoms. The second-order valence-electron chi connectivity index (χ2n) is 7.09. The molecule has 0 radical (unpaired) electrons. The highest BCUT2D eigenvalue weighted by Gasteiger charge is 2.04. The van der Waals surface area contributed by atoms with Crippen LogP contribution in [0.25, 0.3) is 0 Å². The normalized spacial score (nSPS) is 10.7. The summed E-state index contributed by atoms with van der Waals surface area (Å²) in [7, 11) is 1.38. The van der Waals surface area contributed by atoms with E-state index in [-0.39, 0.29) is 5.91 Å². The molecule has 0 saturated carbocycles. The van der Waals surface area contributed by atoms with E-state index in [0.29, 0.717) is 11.5 Å². The maximum Gasteiger partial charge on any atom is 0.245 e. The van der Waals surface area contributed by atoms with Gasteiger partial charge in [-0.05, 0) is 43.4 Å². The average Bonchev–Trinajstić information content (AvgIpc) is 2.64. The molecule has 0 unspecified atom stereocenters. The minimum absolute atomic E-state index is 0.196. The van der Waals surface area contributed by atoms with Gasteiger partial charge in [0.25, 0.3) is 0 Å². The van der Waals surface area contributed by atoms with Crippen LogP contribution in [0.2, 0.25) is 0 Å². The maximum atomic E-state index is 11.2. The third-order valence-electron chi connectivity index (χ3n) is 4.66. The van der Waals surface area contributed by atoms with Gasteiger partial charge in [0.2, 0.25) is 5.91 Å². The number of carbonyl (C=O) groups excluding carboxylic acids is 1. The fourth-order valence-corrected chi connectivity index (χ4v) is 2.95. The lowest BCUT2D eigenvalue weighted by molar-refractivity contribution is -0.159. The summed E-state index contributed by atoms with van der Waals surface area (Å²) in [5.41, 5.74) is 1.37. The lowest BCUT2D eigenvalue weighted by Crippen LogP contribution is -2.21. The Bertz CT molecular complexity index is 471. The number of aryl methyl sites for hydroxylation is 1. The van der Waals surface area contributed by atoms with E-state index in [4.69, 9.17) is 9.94 Å². The van der Waals surface area contributed by atoms with Crippen LogP contribution in [-0.2, 0) is 11.2 Å². The molecule has 26 heavy (non-hydrogen) atoms. The molecule has 148 valence electrons. The van der Waals surface area contributed by atoms with Crippen molar-refractivity contribution in [3.63, 3.8) is 0 Å². The van der Waals surface area contributed by atoms with Gasteiger partial charge in [-0.25, -0.2) is 5.06 Å². The number of nitrogens with zero attached hydrogens (tertiary/aromatic N) is 1. The summed E-state index contributed by atoms with van der Waals surface area (Å²) in [5, 5.41) is 9.65. The van der Waals surface area contributed by atoms with Crippen molar-refractivity contribution in [1.82, 2.24) is 5.06 Å². The van der Waals surface area contributed by atoms with E-state index >= 15 is 0 Å². The molecule has 0 aromatic heterocycles. The monoisotopic (exact) mass is 363 g/mol. The van der Waals surface area contributed by atoms with Crippen molar-refractivity contribution in [3.8, 4) is 5.75 Å². The molecule has 0 saturated heterocycles. The van der Waals surface area contributed by atoms with Crippen LogP contribution in [0.4, 0.5) is 0 Å². The van der Waals surface area contributed by atoms with E-state index in [2.05, 4.69) is 31.2 Å². The van der Waals surface area contributed by atoms with E-state index in [0.717, 1.165) is 44.5 Å². The molecular weight excluding hydrogens is 326 g/mol. The standard InChI is InChI=1S/C22H37NO3/c1-3-4-5-12-19-26-21-17-15-20(16-18-21)13-10-8-6-7-9-11-14-22(24)23(2)25/h15-18,25H,3-14,19H2,1-2H3. The van der Waals surface area contributed by atoms with Gasteiger partial charge in [-0.3, -0.25) is 10.0 Å². The van der Waals surface area contributed by atoms with Gasteiger partial charge in [0.05, 0.1) is 6.61 Å². The predicted octanol–water partition coefficient (Wildman–Crippen LogP) is 5.77. The molecule has 1 aromatic rings. The highest BCUT2D eigenvalue weighted by atomic mass is 16.5. The molecule has 1 aromatic carbocycles. The van der Waals surface area contributed by atoms with Crippen molar-refractivity contribution >= 4 is 5.91 Å². The van der Waals surface area contributed by atoms with Gasteiger partial charge in [0.15, 0.2) is 0 Å². The van der Waals surface area contributed by atoms with Crippen LogP contribution in [0.15, 0.2) is 24.3 Å². The number of hydrogen-bond acceptors (Lipinski definition) is 3. The van der Waals surface area contributed by atoms with Crippen molar-refractivity contribution in [2.45, 2.75) is 84.0 Å². The fraction of sp³-hybridized carbons (Fsp3) is 0.682. The largest absolute Gasteiger partial charge is 0.494 e. The van der Waals surface area contributed by atoms with Crippen LogP contribution >= 0.6 is 0 Å². The first-order chi connectivity index (χ1) is 12.6. The fourth-order valence-electron chi connectivity index (χ4n) is 2.95. The third-order valence-corrected chi connectivity index (χ3v) is 4.66. The summed E-state index contributed by atoms with van der Waals surface area (Å²) in [6, 6.07) is 8.53. The number of benzene rings is 1. The van der Waals surface area contributed by atoms with Gasteiger partial charge >= 0.3 is 0 Å². The highest BCUT2D eigenvalue weighted by molar-refractivity contribution is 5.74. The number of ether oxygens (including phenoxy) is 1. The lowest BCUT2D eigenvalue weighted by Gasteiger charge is -2.08. The summed E-state index contributed by atoms with van der Waals surface area (Å²) in [6.45, 7) is 3.04. The van der Waals surface area contributed by atoms with E-state index in [1.165, 1.54) is 51.1 Å². The third kappa shape index (κ3) is 11.1. The van der Waals surface area contributed by atoms with E-state index in [1.807, 2.05) is 0 Å². The summed E-state index contributed by atoms with van der Waals surface area (Å²) in [5.74, 6) is 0.784. The first-order valence-corrected chi connectivity index (χ1v) is 10.3. The molecule has 0 aliphatic rings. The molecule has 1 N–H and O–H groups in total. The smallest absolute Gasteiger partial charge is 0.245 e. The molecule has 0 fully saturated rings. The number of hydroxylamine groups is 2. The molecule has 0 bridgehead atoms. The highest BCUT2D eigenvalue weighted by Crippen LogP contribution is 2.16. The van der Waals surface area contributed by atoms with E-state index in [1.54, 1.807) is 0 Å². The second-order valence-corrected chi connectivity index (χ2v) is 7.09. The van der Waals surface area contributed by atoms with Gasteiger partial charge in [0, 0.05) is 13.5 Å². The van der Waals surface area contributed by atoms with Gasteiger partial charge in [-0.15, -0.1) is 0 Å². The van der Waals surface area contributed by atoms with Gasteiger partial charge < -0.3 is 4.74 Å². The topological polar surface area (TPSA) is 49.8 Å². The van der Waals surface area contributed by atoms with Gasteiger partial charge in [-0.2, -0.15) is 0 Å². The molecule has 1 rings (SSSR count). The predicted molar refractivity (Wildman–Crippen MR) is 107 cm³/mol. The Labute approximate surface area is 159 Å². The van der Waals surface area contributed by atoms with Crippen LogP contribution in [0.5, 0.6) is 5.75 Å². The summed E-state index contributed by atoms with van der Waals surface area (Å²) >= 11 is 0. The second kappa shape index (κ2) is 14.6. The Morgan fingerprint density at radius 2 is 1.54 bits per heavy atom. The summed E-state index contributed by atoms with van der Waals surface area (Å²) in [6.07, 6.45) is 13.2. The van der Waals surface area contributed by atoms with Crippen LogP contribution in [0, 0.1) is 0 Å². The molecule has 0 aliphatic carbocycles. The molecule has 4 heteroatoms. The summed E-state index contributed by atoms with van der Waals surface area (Å²) in [4.78, 5) is 11.2. The van der Waals surface area contributed by atoms with Crippen LogP contribution in [-0.4, -0.2) is 29.8 Å². The number of rotatable bonds is 15. The first-order valence-electron chi connectivity index (χ1n) is 10.3. The van der Waals surface area contributed by atoms with E-state index < -0.39 is 0 Å². The quantitative estimate of drug-likeness (QED) is 0.245. The van der Waals surface area contributed by atoms with Crippen molar-refractivity contribution in [3.05, 3.63) is 29.8 Å². The van der Waals surface area contributed by atoms with E-state index in [9.17, 15) is 4.79 Å². The number of amides is 1. The van der Waals surface area contributed by atoms with Crippen molar-refractivity contribution in [2.75, 3.05) is 13.7 Å². The zero-order valence-corrected chi connectivity index (χ0v) is 16.7. The van der Waals surface area contributed by atoms with Crippen LogP contribution in [0.3, 0.4) is 0 Å². The van der Waals surface area contributed by atoms with Crippen LogP contribution in [0.1, 0.15) is 83.1 Å². The maximum absolute atomic E-state index is 11.2. The number of hydrogen-bond donors (Lipinski definition) is 1. The minimum atomic E-state index is -0.196. The minimum Gasteiger partial charge on any atom is -0.494 e. The van der Waals surface area contributed by atoms with Crippen molar-refractivity contribution < 1.29 is 14.7 Å². The lowest BCUT2D eigenvalue weighted by atomic mass is 10.0. The molecule has 0 heterocycles.